The maximum Gasteiger partial charge on any atom is 0.361 e. The van der Waals surface area contributed by atoms with Crippen LogP contribution in [0.4, 0.5) is 0 Å². The number of rotatable bonds is 7. The number of carbonyl (C=O) groups is 2. The number of nitrogens with one attached hydrogen (secondary N) is 1. The zero-order valence-electron chi connectivity index (χ0n) is 16.5. The van der Waals surface area contributed by atoms with E-state index in [-0.39, 0.29) is 29.3 Å². The number of aromatic nitrogens is 3. The maximum atomic E-state index is 13.0. The van der Waals surface area contributed by atoms with Crippen LogP contribution in [-0.2, 0) is 16.1 Å². The molecule has 3 aromatic rings. The zero-order valence-corrected chi connectivity index (χ0v) is 16.5. The molecule has 29 heavy (non-hydrogen) atoms. The first-order valence-electron chi connectivity index (χ1n) is 9.33. The Bertz CT molecular complexity index is 1080. The van der Waals surface area contributed by atoms with Crippen molar-refractivity contribution >= 4 is 23.0 Å². The smallest absolute Gasteiger partial charge is 0.361 e. The summed E-state index contributed by atoms with van der Waals surface area (Å²) in [5, 5.41) is 6.34. The summed E-state index contributed by atoms with van der Waals surface area (Å²) in [6, 6.07) is 6.99. The lowest BCUT2D eigenvalue weighted by molar-refractivity contribution is -0.124. The topological polar surface area (TPSA) is 116 Å². The Balaban J connectivity index is 1.88. The van der Waals surface area contributed by atoms with E-state index < -0.39 is 17.6 Å². The minimum Gasteiger partial charge on any atom is -0.461 e. The van der Waals surface area contributed by atoms with Crippen LogP contribution in [0.1, 0.15) is 47.9 Å². The third kappa shape index (κ3) is 4.18. The molecule has 0 aliphatic rings. The van der Waals surface area contributed by atoms with Gasteiger partial charge in [-0.1, -0.05) is 41.9 Å². The third-order valence-electron chi connectivity index (χ3n) is 4.50. The van der Waals surface area contributed by atoms with Gasteiger partial charge in [-0.25, -0.2) is 9.78 Å². The number of hydrogen-bond acceptors (Lipinski definition) is 7. The molecule has 0 spiro atoms. The molecule has 0 saturated heterocycles. The Morgan fingerprint density at radius 3 is 2.62 bits per heavy atom. The van der Waals surface area contributed by atoms with Crippen LogP contribution in [-0.4, -0.2) is 33.2 Å². The Kier molecular flexibility index (Phi) is 6.06. The average molecular weight is 398 g/mol. The molecule has 0 bridgehead atoms. The predicted molar refractivity (Wildman–Crippen MR) is 104 cm³/mol. The first-order valence-corrected chi connectivity index (χ1v) is 9.33. The van der Waals surface area contributed by atoms with Crippen LogP contribution in [0.5, 0.6) is 0 Å². The number of aryl methyl sites for hydroxylation is 1. The number of benzene rings is 1. The fourth-order valence-electron chi connectivity index (χ4n) is 2.94. The molecule has 1 aromatic carbocycles. The molecule has 1 atom stereocenters. The molecule has 9 nitrogen and oxygen atoms in total. The lowest BCUT2D eigenvalue weighted by Gasteiger charge is -2.17. The van der Waals surface area contributed by atoms with Gasteiger partial charge in [-0.2, -0.15) is 0 Å². The standard InChI is InChI=1S/C20H22N4O5/c1-4-14(17(25)21-10-13-8-6-12(3)7-9-13)24-11-22-18-15(19(24)26)16(23-29-18)20(27)28-5-2/h6-9,11,14H,4-5,10H2,1-3H3,(H,21,25)/t14-/m1/s1. The average Bonchev–Trinajstić information content (AvgIpc) is 3.15. The number of nitrogens with zero attached hydrogens (tertiary/aromatic N) is 3. The second-order valence-corrected chi connectivity index (χ2v) is 6.52. The van der Waals surface area contributed by atoms with Gasteiger partial charge in [0.05, 0.1) is 6.61 Å². The van der Waals surface area contributed by atoms with E-state index in [4.69, 9.17) is 9.26 Å². The van der Waals surface area contributed by atoms with E-state index in [2.05, 4.69) is 15.5 Å². The summed E-state index contributed by atoms with van der Waals surface area (Å²) in [6.07, 6.45) is 1.58. The fraction of sp³-hybridized carbons (Fsp3) is 0.350. The van der Waals surface area contributed by atoms with E-state index in [0.717, 1.165) is 11.1 Å². The van der Waals surface area contributed by atoms with Gasteiger partial charge in [-0.15, -0.1) is 0 Å². The molecule has 9 heteroatoms. The van der Waals surface area contributed by atoms with Gasteiger partial charge in [-0.3, -0.25) is 14.2 Å². The van der Waals surface area contributed by atoms with Crippen molar-refractivity contribution in [2.24, 2.45) is 0 Å². The van der Waals surface area contributed by atoms with Crippen LogP contribution in [0, 0.1) is 6.92 Å². The van der Waals surface area contributed by atoms with Crippen molar-refractivity contribution in [1.29, 1.82) is 0 Å². The van der Waals surface area contributed by atoms with Crippen molar-refractivity contribution < 1.29 is 18.8 Å². The van der Waals surface area contributed by atoms with Crippen LogP contribution < -0.4 is 10.9 Å². The molecule has 2 aromatic heterocycles. The molecular formula is C20H22N4O5. The van der Waals surface area contributed by atoms with Gasteiger partial charge in [0, 0.05) is 6.54 Å². The molecule has 0 fully saturated rings. The van der Waals surface area contributed by atoms with E-state index in [9.17, 15) is 14.4 Å². The SMILES string of the molecule is CCOC(=O)c1noc2ncn([C@H](CC)C(=O)NCc3ccc(C)cc3)c(=O)c12. The number of fused-ring (bicyclic) bond motifs is 1. The molecule has 1 amide bonds. The summed E-state index contributed by atoms with van der Waals surface area (Å²) in [5.41, 5.74) is 1.16. The van der Waals surface area contributed by atoms with Gasteiger partial charge in [-0.05, 0) is 25.8 Å². The lowest BCUT2D eigenvalue weighted by atomic mass is 10.1. The highest BCUT2D eigenvalue weighted by atomic mass is 16.5. The normalized spacial score (nSPS) is 12.0. The fourth-order valence-corrected chi connectivity index (χ4v) is 2.94. The van der Waals surface area contributed by atoms with Gasteiger partial charge < -0.3 is 14.6 Å². The van der Waals surface area contributed by atoms with Crippen LogP contribution in [0.2, 0.25) is 0 Å². The number of hydrogen-bond donors (Lipinski definition) is 1. The van der Waals surface area contributed by atoms with Crippen LogP contribution in [0.15, 0.2) is 39.9 Å². The van der Waals surface area contributed by atoms with Crippen molar-refractivity contribution in [1.82, 2.24) is 20.0 Å². The molecule has 0 radical (unpaired) electrons. The monoisotopic (exact) mass is 398 g/mol. The Labute approximate surface area is 166 Å². The van der Waals surface area contributed by atoms with Crippen molar-refractivity contribution in [3.8, 4) is 0 Å². The van der Waals surface area contributed by atoms with E-state index in [1.165, 1.54) is 10.9 Å². The molecular weight excluding hydrogens is 376 g/mol. The van der Waals surface area contributed by atoms with Crippen molar-refractivity contribution in [3.05, 3.63) is 57.8 Å². The van der Waals surface area contributed by atoms with Gasteiger partial charge in [0.1, 0.15) is 17.8 Å². The number of amides is 1. The van der Waals surface area contributed by atoms with E-state index in [0.29, 0.717) is 13.0 Å². The summed E-state index contributed by atoms with van der Waals surface area (Å²) in [4.78, 5) is 41.8. The Hall–Kier alpha value is -3.49. The first kappa shape index (κ1) is 20.2. The summed E-state index contributed by atoms with van der Waals surface area (Å²) < 4.78 is 11.1. The first-order chi connectivity index (χ1) is 14.0. The molecule has 0 saturated carbocycles. The van der Waals surface area contributed by atoms with Gasteiger partial charge in [0.25, 0.3) is 11.3 Å². The highest BCUT2D eigenvalue weighted by Crippen LogP contribution is 2.16. The molecule has 0 aliphatic heterocycles. The van der Waals surface area contributed by atoms with Crippen LogP contribution >= 0.6 is 0 Å². The van der Waals surface area contributed by atoms with E-state index in [1.54, 1.807) is 13.8 Å². The van der Waals surface area contributed by atoms with Gasteiger partial charge in [0.2, 0.25) is 11.6 Å². The second kappa shape index (κ2) is 8.68. The molecule has 152 valence electrons. The summed E-state index contributed by atoms with van der Waals surface area (Å²) >= 11 is 0. The second-order valence-electron chi connectivity index (χ2n) is 6.52. The van der Waals surface area contributed by atoms with Gasteiger partial charge in [0.15, 0.2) is 0 Å². The Morgan fingerprint density at radius 2 is 1.97 bits per heavy atom. The Morgan fingerprint density at radius 1 is 1.24 bits per heavy atom. The molecule has 3 rings (SSSR count). The van der Waals surface area contributed by atoms with Crippen molar-refractivity contribution in [2.75, 3.05) is 6.61 Å². The largest absolute Gasteiger partial charge is 0.461 e. The molecule has 1 N–H and O–H groups in total. The highest BCUT2D eigenvalue weighted by Gasteiger charge is 2.26. The lowest BCUT2D eigenvalue weighted by Crippen LogP contribution is -2.37. The number of ether oxygens (including phenoxy) is 1. The molecule has 0 unspecified atom stereocenters. The minimum absolute atomic E-state index is 0.0794. The summed E-state index contributed by atoms with van der Waals surface area (Å²) in [6.45, 7) is 5.87. The van der Waals surface area contributed by atoms with Crippen molar-refractivity contribution in [3.63, 3.8) is 0 Å². The maximum absolute atomic E-state index is 13.0. The summed E-state index contributed by atoms with van der Waals surface area (Å²) in [5.74, 6) is -1.11. The highest BCUT2D eigenvalue weighted by molar-refractivity contribution is 5.99. The molecule has 0 aliphatic carbocycles. The van der Waals surface area contributed by atoms with Crippen molar-refractivity contribution in [2.45, 2.75) is 39.8 Å². The van der Waals surface area contributed by atoms with E-state index >= 15 is 0 Å². The minimum atomic E-state index is -0.796. The molecule has 2 heterocycles. The third-order valence-corrected chi connectivity index (χ3v) is 4.50. The van der Waals surface area contributed by atoms with Crippen LogP contribution in [0.25, 0.3) is 11.1 Å². The van der Waals surface area contributed by atoms with Gasteiger partial charge >= 0.3 is 5.97 Å². The number of esters is 1. The number of carbonyl (C=O) groups excluding carboxylic acids is 2. The van der Waals surface area contributed by atoms with Crippen LogP contribution in [0.3, 0.4) is 0 Å². The predicted octanol–water partition coefficient (Wildman–Crippen LogP) is 2.14. The zero-order chi connectivity index (χ0) is 21.0. The van der Waals surface area contributed by atoms with E-state index in [1.807, 2.05) is 31.2 Å². The quantitative estimate of drug-likeness (QED) is 0.606. The summed E-state index contributed by atoms with van der Waals surface area (Å²) in [7, 11) is 0.